The number of methoxy groups -OCH3 is 1. The van der Waals surface area contributed by atoms with Crippen molar-refractivity contribution in [3.05, 3.63) is 12.2 Å². The van der Waals surface area contributed by atoms with Crippen molar-refractivity contribution in [2.24, 2.45) is 0 Å². The Balaban J connectivity index is 2.10. The summed E-state index contributed by atoms with van der Waals surface area (Å²) in [5.41, 5.74) is 0.471. The van der Waals surface area contributed by atoms with Crippen LogP contribution in [-0.2, 0) is 18.9 Å². The molecule has 0 aromatic rings. The Bertz CT molecular complexity index is 360. The van der Waals surface area contributed by atoms with Crippen LogP contribution < -0.4 is 0 Å². The number of nitrogens with zero attached hydrogens (tertiary/aromatic N) is 1. The zero-order chi connectivity index (χ0) is 12.6. The Morgan fingerprint density at radius 2 is 2.06 bits per heavy atom. The summed E-state index contributed by atoms with van der Waals surface area (Å²) >= 11 is 0. The average molecular weight is 239 g/mol. The molecule has 0 radical (unpaired) electrons. The van der Waals surface area contributed by atoms with Crippen LogP contribution >= 0.6 is 0 Å². The molecule has 17 heavy (non-hydrogen) atoms. The van der Waals surface area contributed by atoms with Crippen LogP contribution in [0.25, 0.3) is 0 Å². The third-order valence-electron chi connectivity index (χ3n) is 2.95. The van der Waals surface area contributed by atoms with Crippen LogP contribution in [0, 0.1) is 11.3 Å². The molecule has 0 aliphatic carbocycles. The zero-order valence-electron chi connectivity index (χ0n) is 10.3. The standard InChI is InChI=1S/C12H17NO4/c1-7(6-13)5-8-9-10(11(14-4)15-8)17-12(2,3)16-9/h8-11H,1,5H2,2-4H3/t8-,9-,10-,11-/m1/s1. The molecular formula is C12H17NO4. The van der Waals surface area contributed by atoms with Gasteiger partial charge in [0.05, 0.1) is 12.2 Å². The minimum atomic E-state index is -0.637. The molecule has 0 unspecified atom stereocenters. The Kier molecular flexibility index (Phi) is 3.23. The van der Waals surface area contributed by atoms with E-state index in [1.165, 1.54) is 0 Å². The molecule has 0 N–H and O–H groups in total. The van der Waals surface area contributed by atoms with Crippen molar-refractivity contribution in [2.75, 3.05) is 7.11 Å². The Labute approximate surface area is 101 Å². The quantitative estimate of drug-likeness (QED) is 0.696. The first-order chi connectivity index (χ1) is 7.96. The van der Waals surface area contributed by atoms with Gasteiger partial charge in [-0.2, -0.15) is 5.26 Å². The number of ether oxygens (including phenoxy) is 4. The zero-order valence-corrected chi connectivity index (χ0v) is 10.3. The molecule has 0 bridgehead atoms. The van der Waals surface area contributed by atoms with E-state index in [1.807, 2.05) is 19.9 Å². The number of hydrogen-bond acceptors (Lipinski definition) is 5. The molecule has 4 atom stereocenters. The maximum atomic E-state index is 8.75. The van der Waals surface area contributed by atoms with Gasteiger partial charge < -0.3 is 18.9 Å². The van der Waals surface area contributed by atoms with Gasteiger partial charge in [-0.25, -0.2) is 0 Å². The van der Waals surface area contributed by atoms with Crippen LogP contribution in [0.2, 0.25) is 0 Å². The van der Waals surface area contributed by atoms with E-state index >= 15 is 0 Å². The molecule has 0 saturated carbocycles. The second-order valence-corrected chi connectivity index (χ2v) is 4.76. The molecule has 5 heteroatoms. The van der Waals surface area contributed by atoms with Gasteiger partial charge in [0.25, 0.3) is 0 Å². The first-order valence-electron chi connectivity index (χ1n) is 5.58. The van der Waals surface area contributed by atoms with E-state index in [2.05, 4.69) is 6.58 Å². The van der Waals surface area contributed by atoms with Crippen molar-refractivity contribution >= 4 is 0 Å². The molecule has 2 rings (SSSR count). The van der Waals surface area contributed by atoms with Gasteiger partial charge in [-0.1, -0.05) is 6.58 Å². The third-order valence-corrected chi connectivity index (χ3v) is 2.95. The van der Waals surface area contributed by atoms with Crippen molar-refractivity contribution in [2.45, 2.75) is 50.7 Å². The largest absolute Gasteiger partial charge is 0.353 e. The van der Waals surface area contributed by atoms with Gasteiger partial charge in [0.15, 0.2) is 12.1 Å². The lowest BCUT2D eigenvalue weighted by Gasteiger charge is -2.23. The van der Waals surface area contributed by atoms with Crippen LogP contribution in [0.15, 0.2) is 12.2 Å². The molecule has 2 saturated heterocycles. The van der Waals surface area contributed by atoms with Crippen LogP contribution in [0.5, 0.6) is 0 Å². The van der Waals surface area contributed by atoms with Gasteiger partial charge in [0.1, 0.15) is 12.2 Å². The van der Waals surface area contributed by atoms with Gasteiger partial charge >= 0.3 is 0 Å². The van der Waals surface area contributed by atoms with Crippen molar-refractivity contribution < 1.29 is 18.9 Å². The van der Waals surface area contributed by atoms with Gasteiger partial charge in [0.2, 0.25) is 0 Å². The van der Waals surface area contributed by atoms with E-state index in [4.69, 9.17) is 24.2 Å². The second-order valence-electron chi connectivity index (χ2n) is 4.76. The van der Waals surface area contributed by atoms with E-state index in [9.17, 15) is 0 Å². The topological polar surface area (TPSA) is 60.7 Å². The summed E-state index contributed by atoms with van der Waals surface area (Å²) in [5.74, 6) is -0.637. The fraction of sp³-hybridized carbons (Fsp3) is 0.750. The van der Waals surface area contributed by atoms with Gasteiger partial charge in [-0.05, 0) is 13.8 Å². The molecule has 2 heterocycles. The predicted octanol–water partition coefficient (Wildman–Crippen LogP) is 1.35. The van der Waals surface area contributed by atoms with E-state index < -0.39 is 12.1 Å². The summed E-state index contributed by atoms with van der Waals surface area (Å²) < 4.78 is 22.4. The number of nitriles is 1. The second kappa shape index (κ2) is 4.39. The SMILES string of the molecule is C=C(C#N)C[C@H]1O[C@@H](OC)[C@@H]2OC(C)(C)O[C@@H]21. The van der Waals surface area contributed by atoms with Gasteiger partial charge in [-0.15, -0.1) is 0 Å². The predicted molar refractivity (Wildman–Crippen MR) is 58.9 cm³/mol. The van der Waals surface area contributed by atoms with Crippen LogP contribution in [0.3, 0.4) is 0 Å². The van der Waals surface area contributed by atoms with E-state index in [0.29, 0.717) is 12.0 Å². The van der Waals surface area contributed by atoms with Crippen molar-refractivity contribution in [1.29, 1.82) is 5.26 Å². The highest BCUT2D eigenvalue weighted by Gasteiger charge is 2.55. The fourth-order valence-corrected chi connectivity index (χ4v) is 2.28. The lowest BCUT2D eigenvalue weighted by atomic mass is 10.0. The average Bonchev–Trinajstić information content (AvgIpc) is 2.73. The van der Waals surface area contributed by atoms with E-state index in [0.717, 1.165) is 0 Å². The Morgan fingerprint density at radius 1 is 1.41 bits per heavy atom. The maximum Gasteiger partial charge on any atom is 0.186 e. The monoisotopic (exact) mass is 239 g/mol. The number of hydrogen-bond donors (Lipinski definition) is 0. The lowest BCUT2D eigenvalue weighted by molar-refractivity contribution is -0.226. The summed E-state index contributed by atoms with van der Waals surface area (Å²) in [4.78, 5) is 0. The number of rotatable bonds is 3. The molecule has 2 aliphatic heterocycles. The first-order valence-corrected chi connectivity index (χ1v) is 5.58. The molecule has 5 nitrogen and oxygen atoms in total. The van der Waals surface area contributed by atoms with Gasteiger partial charge in [0, 0.05) is 19.1 Å². The smallest absolute Gasteiger partial charge is 0.186 e. The minimum absolute atomic E-state index is 0.208. The molecular weight excluding hydrogens is 222 g/mol. The van der Waals surface area contributed by atoms with Crippen LogP contribution in [0.4, 0.5) is 0 Å². The van der Waals surface area contributed by atoms with Crippen molar-refractivity contribution in [3.8, 4) is 6.07 Å². The molecule has 94 valence electrons. The summed E-state index contributed by atoms with van der Waals surface area (Å²) in [6, 6.07) is 2.01. The van der Waals surface area contributed by atoms with Gasteiger partial charge in [-0.3, -0.25) is 0 Å². The highest BCUT2D eigenvalue weighted by atomic mass is 16.8. The summed E-state index contributed by atoms with van der Waals surface area (Å²) in [6.45, 7) is 7.37. The van der Waals surface area contributed by atoms with E-state index in [-0.39, 0.29) is 18.3 Å². The van der Waals surface area contributed by atoms with Crippen molar-refractivity contribution in [3.63, 3.8) is 0 Å². The molecule has 2 fully saturated rings. The molecule has 0 spiro atoms. The third kappa shape index (κ3) is 2.35. The fourth-order valence-electron chi connectivity index (χ4n) is 2.28. The van der Waals surface area contributed by atoms with Crippen LogP contribution in [-0.4, -0.2) is 37.5 Å². The first kappa shape index (κ1) is 12.5. The molecule has 0 amide bonds. The Morgan fingerprint density at radius 3 is 2.65 bits per heavy atom. The number of fused-ring (bicyclic) bond motifs is 1. The Hall–Kier alpha value is -0.930. The molecule has 0 aromatic carbocycles. The lowest BCUT2D eigenvalue weighted by Crippen LogP contribution is -2.30. The summed E-state index contributed by atoms with van der Waals surface area (Å²) in [7, 11) is 1.57. The van der Waals surface area contributed by atoms with Crippen molar-refractivity contribution in [1.82, 2.24) is 0 Å². The summed E-state index contributed by atoms with van der Waals surface area (Å²) in [5, 5.41) is 8.75. The maximum absolute atomic E-state index is 8.75. The van der Waals surface area contributed by atoms with Crippen LogP contribution in [0.1, 0.15) is 20.3 Å². The molecule has 0 aromatic heterocycles. The molecule has 2 aliphatic rings. The summed E-state index contributed by atoms with van der Waals surface area (Å²) in [6.07, 6.45) is -0.694. The normalized spacial score (nSPS) is 38.7. The highest BCUT2D eigenvalue weighted by molar-refractivity contribution is 5.18. The minimum Gasteiger partial charge on any atom is -0.353 e. The highest BCUT2D eigenvalue weighted by Crippen LogP contribution is 2.40. The van der Waals surface area contributed by atoms with E-state index in [1.54, 1.807) is 7.11 Å².